The second kappa shape index (κ2) is 6.29. The van der Waals surface area contributed by atoms with Gasteiger partial charge in [-0.25, -0.2) is 0 Å². The Morgan fingerprint density at radius 1 is 1.16 bits per heavy atom. The molecule has 1 amide bonds. The Morgan fingerprint density at radius 2 is 1.84 bits per heavy atom. The van der Waals surface area contributed by atoms with Crippen LogP contribution in [0, 0.1) is 6.92 Å². The molecule has 0 spiro atoms. The quantitative estimate of drug-likeness (QED) is 0.663. The number of carbonyl (C=O) groups excluding carboxylic acids is 1. The third-order valence-electron chi connectivity index (χ3n) is 2.60. The van der Waals surface area contributed by atoms with Crippen molar-refractivity contribution in [3.63, 3.8) is 0 Å². The number of benzene rings is 2. The lowest BCUT2D eigenvalue weighted by molar-refractivity contribution is -0.113. The van der Waals surface area contributed by atoms with Crippen molar-refractivity contribution in [2.24, 2.45) is 0 Å². The summed E-state index contributed by atoms with van der Waals surface area (Å²) in [6.45, 7) is 2.03. The molecule has 3 nitrogen and oxygen atoms in total. The van der Waals surface area contributed by atoms with Gasteiger partial charge in [0.1, 0.15) is 5.75 Å². The van der Waals surface area contributed by atoms with Crippen molar-refractivity contribution in [2.75, 3.05) is 11.1 Å². The summed E-state index contributed by atoms with van der Waals surface area (Å²) in [5.41, 5.74) is 1.86. The molecule has 0 unspecified atom stereocenters. The number of hydrogen-bond acceptors (Lipinski definition) is 3. The Balaban J connectivity index is 1.88. The fourth-order valence-electron chi connectivity index (χ4n) is 1.60. The fraction of sp³-hybridized carbons (Fsp3) is 0.133. The van der Waals surface area contributed by atoms with Crippen molar-refractivity contribution < 1.29 is 9.90 Å². The molecule has 0 radical (unpaired) electrons. The van der Waals surface area contributed by atoms with Gasteiger partial charge in [0.15, 0.2) is 0 Å². The number of aromatic hydroxyl groups is 1. The lowest BCUT2D eigenvalue weighted by Gasteiger charge is -2.06. The van der Waals surface area contributed by atoms with E-state index in [1.165, 1.54) is 17.3 Å². The highest BCUT2D eigenvalue weighted by molar-refractivity contribution is 8.00. The first kappa shape index (κ1) is 13.5. The highest BCUT2D eigenvalue weighted by Gasteiger charge is 2.05. The Morgan fingerprint density at radius 3 is 2.53 bits per heavy atom. The molecule has 0 fully saturated rings. The van der Waals surface area contributed by atoms with E-state index >= 15 is 0 Å². The largest absolute Gasteiger partial charge is 0.508 e. The van der Waals surface area contributed by atoms with E-state index in [4.69, 9.17) is 5.11 Å². The smallest absolute Gasteiger partial charge is 0.234 e. The second-order valence-electron chi connectivity index (χ2n) is 4.15. The molecule has 0 atom stereocenters. The van der Waals surface area contributed by atoms with Gasteiger partial charge >= 0.3 is 0 Å². The lowest BCUT2D eigenvalue weighted by Crippen LogP contribution is -2.13. The molecule has 0 bridgehead atoms. The summed E-state index contributed by atoms with van der Waals surface area (Å²) in [7, 11) is 0. The van der Waals surface area contributed by atoms with E-state index in [-0.39, 0.29) is 11.7 Å². The first-order valence-corrected chi connectivity index (χ1v) is 6.91. The van der Waals surface area contributed by atoms with Crippen LogP contribution in [0.3, 0.4) is 0 Å². The molecule has 0 saturated carbocycles. The zero-order valence-corrected chi connectivity index (χ0v) is 11.4. The van der Waals surface area contributed by atoms with Crippen molar-refractivity contribution in [1.82, 2.24) is 0 Å². The zero-order valence-electron chi connectivity index (χ0n) is 10.6. The summed E-state index contributed by atoms with van der Waals surface area (Å²) in [6.07, 6.45) is 0. The molecule has 0 aromatic heterocycles. The Bertz CT molecular complexity index is 567. The van der Waals surface area contributed by atoms with Crippen molar-refractivity contribution >= 4 is 23.4 Å². The minimum atomic E-state index is -0.0565. The number of phenols is 1. The average Bonchev–Trinajstić information content (AvgIpc) is 2.40. The van der Waals surface area contributed by atoms with Crippen LogP contribution in [0.1, 0.15) is 5.56 Å². The first-order valence-electron chi connectivity index (χ1n) is 5.92. The van der Waals surface area contributed by atoms with E-state index in [1.54, 1.807) is 24.3 Å². The van der Waals surface area contributed by atoms with Crippen LogP contribution in [0.2, 0.25) is 0 Å². The standard InChI is InChI=1S/C15H15NO2S/c1-11-4-2-3-5-14(11)19-10-15(18)16-12-6-8-13(17)9-7-12/h2-9,17H,10H2,1H3,(H,16,18). The molecule has 0 saturated heterocycles. The molecule has 0 aliphatic rings. The predicted octanol–water partition coefficient (Wildman–Crippen LogP) is 3.43. The highest BCUT2D eigenvalue weighted by Crippen LogP contribution is 2.22. The molecule has 98 valence electrons. The van der Waals surface area contributed by atoms with Gasteiger partial charge in [0.25, 0.3) is 0 Å². The van der Waals surface area contributed by atoms with Gasteiger partial charge in [-0.3, -0.25) is 4.79 Å². The van der Waals surface area contributed by atoms with Gasteiger partial charge in [-0.1, -0.05) is 18.2 Å². The SMILES string of the molecule is Cc1ccccc1SCC(=O)Nc1ccc(O)cc1. The van der Waals surface area contributed by atoms with E-state index in [1.807, 2.05) is 31.2 Å². The van der Waals surface area contributed by atoms with Gasteiger partial charge < -0.3 is 10.4 Å². The third-order valence-corrected chi connectivity index (χ3v) is 3.78. The Kier molecular flexibility index (Phi) is 4.47. The van der Waals surface area contributed by atoms with Crippen LogP contribution in [0.4, 0.5) is 5.69 Å². The molecule has 2 N–H and O–H groups in total. The maximum Gasteiger partial charge on any atom is 0.234 e. The maximum absolute atomic E-state index is 11.8. The minimum absolute atomic E-state index is 0.0565. The molecule has 0 aliphatic carbocycles. The normalized spacial score (nSPS) is 10.2. The summed E-state index contributed by atoms with van der Waals surface area (Å²) in [4.78, 5) is 12.9. The van der Waals surface area contributed by atoms with Gasteiger partial charge in [-0.2, -0.15) is 0 Å². The molecule has 2 aromatic rings. The van der Waals surface area contributed by atoms with Crippen LogP contribution >= 0.6 is 11.8 Å². The van der Waals surface area contributed by atoms with Gasteiger partial charge in [-0.15, -0.1) is 11.8 Å². The lowest BCUT2D eigenvalue weighted by atomic mass is 10.2. The number of phenolic OH excluding ortho intramolecular Hbond substituents is 1. The van der Waals surface area contributed by atoms with E-state index in [0.29, 0.717) is 11.4 Å². The number of aryl methyl sites for hydroxylation is 1. The summed E-state index contributed by atoms with van der Waals surface area (Å²) in [5.74, 6) is 0.498. The molecule has 0 heterocycles. The van der Waals surface area contributed by atoms with Crippen LogP contribution in [-0.4, -0.2) is 16.8 Å². The summed E-state index contributed by atoms with van der Waals surface area (Å²) in [6, 6.07) is 14.4. The van der Waals surface area contributed by atoms with Crippen LogP contribution in [-0.2, 0) is 4.79 Å². The van der Waals surface area contributed by atoms with E-state index in [0.717, 1.165) is 4.90 Å². The zero-order chi connectivity index (χ0) is 13.7. The second-order valence-corrected chi connectivity index (χ2v) is 5.17. The van der Waals surface area contributed by atoms with Gasteiger partial charge in [0, 0.05) is 10.6 Å². The number of amides is 1. The van der Waals surface area contributed by atoms with E-state index in [9.17, 15) is 4.79 Å². The van der Waals surface area contributed by atoms with Crippen molar-refractivity contribution in [3.05, 3.63) is 54.1 Å². The van der Waals surface area contributed by atoms with Crippen molar-refractivity contribution in [3.8, 4) is 5.75 Å². The van der Waals surface area contributed by atoms with Crippen LogP contribution in [0.15, 0.2) is 53.4 Å². The molecule has 2 rings (SSSR count). The summed E-state index contributed by atoms with van der Waals surface area (Å²) in [5, 5.41) is 11.9. The van der Waals surface area contributed by atoms with Gasteiger partial charge in [0.05, 0.1) is 5.75 Å². The summed E-state index contributed by atoms with van der Waals surface area (Å²) < 4.78 is 0. The number of nitrogens with one attached hydrogen (secondary N) is 1. The Hall–Kier alpha value is -1.94. The van der Waals surface area contributed by atoms with Crippen molar-refractivity contribution in [1.29, 1.82) is 0 Å². The number of hydrogen-bond donors (Lipinski definition) is 2. The minimum Gasteiger partial charge on any atom is -0.508 e. The molecule has 0 aliphatic heterocycles. The highest BCUT2D eigenvalue weighted by atomic mass is 32.2. The number of thioether (sulfide) groups is 1. The van der Waals surface area contributed by atoms with Crippen LogP contribution in [0.25, 0.3) is 0 Å². The molecule has 2 aromatic carbocycles. The van der Waals surface area contributed by atoms with Crippen LogP contribution < -0.4 is 5.32 Å². The maximum atomic E-state index is 11.8. The molecule has 19 heavy (non-hydrogen) atoms. The summed E-state index contributed by atoms with van der Waals surface area (Å²) >= 11 is 1.52. The van der Waals surface area contributed by atoms with Gasteiger partial charge in [0.2, 0.25) is 5.91 Å². The predicted molar refractivity (Wildman–Crippen MR) is 78.6 cm³/mol. The first-order chi connectivity index (χ1) is 9.15. The van der Waals surface area contributed by atoms with Crippen molar-refractivity contribution in [2.45, 2.75) is 11.8 Å². The van der Waals surface area contributed by atoms with E-state index < -0.39 is 0 Å². The van der Waals surface area contributed by atoms with E-state index in [2.05, 4.69) is 5.32 Å². The number of anilines is 1. The number of carbonyl (C=O) groups is 1. The third kappa shape index (κ3) is 4.03. The average molecular weight is 273 g/mol. The fourth-order valence-corrected chi connectivity index (χ4v) is 2.43. The topological polar surface area (TPSA) is 49.3 Å². The molecular formula is C15H15NO2S. The Labute approximate surface area is 116 Å². The number of rotatable bonds is 4. The monoisotopic (exact) mass is 273 g/mol. The van der Waals surface area contributed by atoms with Crippen LogP contribution in [0.5, 0.6) is 5.75 Å². The molecule has 4 heteroatoms. The van der Waals surface area contributed by atoms with Gasteiger partial charge in [-0.05, 0) is 42.8 Å². The molecular weight excluding hydrogens is 258 g/mol.